The third-order valence-electron chi connectivity index (χ3n) is 5.61. The number of pyridine rings is 1. The summed E-state index contributed by atoms with van der Waals surface area (Å²) in [5.74, 6) is -1.58. The minimum Gasteiger partial charge on any atom is -0.439 e. The van der Waals surface area contributed by atoms with Crippen LogP contribution in [0.5, 0.6) is 11.6 Å². The molecule has 2 aliphatic rings. The van der Waals surface area contributed by atoms with Crippen LogP contribution in [0, 0.1) is 24.6 Å². The molecule has 2 aromatic heterocycles. The lowest BCUT2D eigenvalue weighted by Gasteiger charge is -2.16. The lowest BCUT2D eigenvalue weighted by Crippen LogP contribution is -2.27. The summed E-state index contributed by atoms with van der Waals surface area (Å²) in [4.78, 5) is 22.1. The van der Waals surface area contributed by atoms with E-state index in [2.05, 4.69) is 9.97 Å². The summed E-state index contributed by atoms with van der Waals surface area (Å²) in [5, 5.41) is 0. The van der Waals surface area contributed by atoms with Gasteiger partial charge in [-0.3, -0.25) is 4.79 Å². The molecule has 32 heavy (non-hydrogen) atoms. The largest absolute Gasteiger partial charge is 0.439 e. The van der Waals surface area contributed by atoms with E-state index in [0.29, 0.717) is 30.5 Å². The molecule has 0 N–H and O–H groups in total. The Bertz CT molecular complexity index is 1220. The number of hydrogen-bond donors (Lipinski definition) is 0. The lowest BCUT2D eigenvalue weighted by atomic mass is 10.1. The van der Waals surface area contributed by atoms with Gasteiger partial charge >= 0.3 is 0 Å². The van der Waals surface area contributed by atoms with Crippen LogP contribution in [-0.2, 0) is 6.67 Å². The third-order valence-corrected chi connectivity index (χ3v) is 5.61. The van der Waals surface area contributed by atoms with Crippen molar-refractivity contribution in [1.29, 1.82) is 0 Å². The van der Waals surface area contributed by atoms with E-state index in [0.717, 1.165) is 31.0 Å². The molecular formula is C22H18F4N4O2. The lowest BCUT2D eigenvalue weighted by molar-refractivity contribution is 0.0757. The molecule has 0 unspecified atom stereocenters. The maximum Gasteiger partial charge on any atom is 0.291 e. The minimum absolute atomic E-state index is 0.0215. The van der Waals surface area contributed by atoms with Crippen molar-refractivity contribution in [3.05, 3.63) is 59.2 Å². The van der Waals surface area contributed by atoms with Crippen molar-refractivity contribution in [2.24, 2.45) is 5.92 Å². The molecule has 166 valence electrons. The van der Waals surface area contributed by atoms with Crippen molar-refractivity contribution in [3.63, 3.8) is 0 Å². The maximum absolute atomic E-state index is 15.0. The van der Waals surface area contributed by atoms with Crippen molar-refractivity contribution in [2.75, 3.05) is 6.54 Å². The van der Waals surface area contributed by atoms with Crippen LogP contribution in [-0.4, -0.2) is 31.9 Å². The second kappa shape index (κ2) is 7.61. The molecule has 1 aliphatic heterocycles. The van der Waals surface area contributed by atoms with Gasteiger partial charge < -0.3 is 14.2 Å². The summed E-state index contributed by atoms with van der Waals surface area (Å²) in [6.07, 6.45) is -0.781. The Morgan fingerprint density at radius 3 is 2.59 bits per heavy atom. The molecule has 0 saturated heterocycles. The molecule has 1 amide bonds. The first-order chi connectivity index (χ1) is 15.3. The number of ether oxygens (including phenoxy) is 1. The fraction of sp³-hybridized carbons (Fsp3) is 0.318. The molecule has 0 bridgehead atoms. The van der Waals surface area contributed by atoms with E-state index >= 15 is 4.39 Å². The number of rotatable bonds is 6. The van der Waals surface area contributed by atoms with E-state index in [9.17, 15) is 18.0 Å². The zero-order valence-corrected chi connectivity index (χ0v) is 17.0. The van der Waals surface area contributed by atoms with Gasteiger partial charge in [0.25, 0.3) is 12.3 Å². The van der Waals surface area contributed by atoms with E-state index in [1.54, 1.807) is 16.4 Å². The molecule has 10 heteroatoms. The number of carbonyl (C=O) groups excluding carboxylic acids is 1. The smallest absolute Gasteiger partial charge is 0.291 e. The van der Waals surface area contributed by atoms with Crippen LogP contribution in [0.15, 0.2) is 30.3 Å². The zero-order valence-electron chi connectivity index (χ0n) is 17.0. The summed E-state index contributed by atoms with van der Waals surface area (Å²) >= 11 is 0. The van der Waals surface area contributed by atoms with Crippen LogP contribution >= 0.6 is 0 Å². The molecular weight excluding hydrogens is 428 g/mol. The van der Waals surface area contributed by atoms with Crippen molar-refractivity contribution in [3.8, 4) is 22.9 Å². The Hall–Kier alpha value is -3.43. The number of alkyl halides is 2. The molecule has 3 aromatic rings. The van der Waals surface area contributed by atoms with Crippen LogP contribution < -0.4 is 4.74 Å². The number of halogens is 4. The van der Waals surface area contributed by atoms with Gasteiger partial charge in [0.1, 0.15) is 11.6 Å². The number of aryl methyl sites for hydroxylation is 1. The third kappa shape index (κ3) is 3.59. The molecule has 1 fully saturated rings. The molecule has 1 saturated carbocycles. The van der Waals surface area contributed by atoms with Gasteiger partial charge in [-0.1, -0.05) is 0 Å². The number of imidazole rings is 1. The zero-order chi connectivity index (χ0) is 22.6. The van der Waals surface area contributed by atoms with Gasteiger partial charge in [0.2, 0.25) is 17.7 Å². The predicted molar refractivity (Wildman–Crippen MR) is 105 cm³/mol. The SMILES string of the molecule is Cc1nc2n(c1-c1ccc(Oc3ccc(C(F)F)c(F)n3)cc1F)CN(CC1CC1)C2=O. The Morgan fingerprint density at radius 1 is 1.16 bits per heavy atom. The number of carbonyl (C=O) groups is 1. The molecule has 1 aromatic carbocycles. The van der Waals surface area contributed by atoms with Gasteiger partial charge in [-0.05, 0) is 43.9 Å². The summed E-state index contributed by atoms with van der Waals surface area (Å²) in [6, 6.07) is 5.98. The number of nitrogens with zero attached hydrogens (tertiary/aromatic N) is 4. The molecule has 3 heterocycles. The van der Waals surface area contributed by atoms with Crippen LogP contribution in [0.25, 0.3) is 11.3 Å². The molecule has 0 spiro atoms. The summed E-state index contributed by atoms with van der Waals surface area (Å²) in [6.45, 7) is 2.70. The van der Waals surface area contributed by atoms with E-state index < -0.39 is 23.8 Å². The monoisotopic (exact) mass is 446 g/mol. The van der Waals surface area contributed by atoms with Crippen molar-refractivity contribution < 1.29 is 27.1 Å². The van der Waals surface area contributed by atoms with Crippen molar-refractivity contribution in [1.82, 2.24) is 19.4 Å². The molecule has 1 aliphatic carbocycles. The summed E-state index contributed by atoms with van der Waals surface area (Å²) < 4.78 is 61.0. The number of amides is 1. The van der Waals surface area contributed by atoms with Gasteiger partial charge in [0, 0.05) is 24.2 Å². The highest BCUT2D eigenvalue weighted by Crippen LogP contribution is 2.36. The van der Waals surface area contributed by atoms with E-state index in [4.69, 9.17) is 4.74 Å². The van der Waals surface area contributed by atoms with Crippen LogP contribution in [0.4, 0.5) is 17.6 Å². The number of aromatic nitrogens is 3. The Labute approximate surface area is 180 Å². The highest BCUT2D eigenvalue weighted by molar-refractivity contribution is 5.94. The highest BCUT2D eigenvalue weighted by Gasteiger charge is 2.36. The fourth-order valence-electron chi connectivity index (χ4n) is 3.86. The quantitative estimate of drug-likeness (QED) is 0.391. The highest BCUT2D eigenvalue weighted by atomic mass is 19.3. The molecule has 5 rings (SSSR count). The fourth-order valence-corrected chi connectivity index (χ4v) is 3.86. The first kappa shape index (κ1) is 20.5. The van der Waals surface area contributed by atoms with Gasteiger partial charge in [0.05, 0.1) is 23.6 Å². The van der Waals surface area contributed by atoms with Gasteiger partial charge in [0.15, 0.2) is 0 Å². The van der Waals surface area contributed by atoms with Crippen molar-refractivity contribution >= 4 is 5.91 Å². The number of fused-ring (bicyclic) bond motifs is 1. The van der Waals surface area contributed by atoms with Crippen molar-refractivity contribution in [2.45, 2.75) is 32.9 Å². The second-order valence-electron chi connectivity index (χ2n) is 7.98. The average Bonchev–Trinajstić information content (AvgIpc) is 3.43. The van der Waals surface area contributed by atoms with Gasteiger partial charge in [-0.15, -0.1) is 0 Å². The van der Waals surface area contributed by atoms with E-state index in [-0.39, 0.29) is 28.9 Å². The first-order valence-corrected chi connectivity index (χ1v) is 10.1. The van der Waals surface area contributed by atoms with Gasteiger partial charge in [-0.25, -0.2) is 18.2 Å². The Kier molecular flexibility index (Phi) is 4.87. The van der Waals surface area contributed by atoms with E-state index in [1.165, 1.54) is 12.1 Å². The number of hydrogen-bond acceptors (Lipinski definition) is 4. The van der Waals surface area contributed by atoms with Gasteiger partial charge in [-0.2, -0.15) is 9.37 Å². The number of benzene rings is 1. The van der Waals surface area contributed by atoms with E-state index in [1.807, 2.05) is 0 Å². The minimum atomic E-state index is -3.00. The normalized spacial score (nSPS) is 15.6. The maximum atomic E-state index is 15.0. The van der Waals surface area contributed by atoms with Crippen LogP contribution in [0.2, 0.25) is 0 Å². The summed E-state index contributed by atoms with van der Waals surface area (Å²) in [5.41, 5.74) is 0.426. The standard InChI is InChI=1S/C22H18F4N4O2/c1-11-18(30-10-29(9-12-2-3-12)22(31)21(30)27-11)14-5-4-13(8-16(14)23)32-17-7-6-15(19(24)25)20(26)28-17/h4-8,12,19H,2-3,9-10H2,1H3. The second-order valence-corrected chi connectivity index (χ2v) is 7.98. The van der Waals surface area contributed by atoms with Crippen LogP contribution in [0.1, 0.15) is 41.1 Å². The van der Waals surface area contributed by atoms with Crippen LogP contribution in [0.3, 0.4) is 0 Å². The molecule has 6 nitrogen and oxygen atoms in total. The topological polar surface area (TPSA) is 60.2 Å². The molecule has 0 radical (unpaired) electrons. The summed E-state index contributed by atoms with van der Waals surface area (Å²) in [7, 11) is 0. The molecule has 0 atom stereocenters. The Balaban J connectivity index is 1.41. The Morgan fingerprint density at radius 2 is 1.94 bits per heavy atom. The average molecular weight is 446 g/mol. The predicted octanol–water partition coefficient (Wildman–Crippen LogP) is 5.08. The first-order valence-electron chi connectivity index (χ1n) is 10.1.